The van der Waals surface area contributed by atoms with Gasteiger partial charge in [-0.1, -0.05) is 18.2 Å². The minimum atomic E-state index is 0.661. The zero-order valence-electron chi connectivity index (χ0n) is 15.8. The monoisotopic (exact) mass is 355 g/mol. The topological polar surface area (TPSA) is 54.7 Å². The van der Waals surface area contributed by atoms with Crippen LogP contribution >= 0.6 is 0 Å². The summed E-state index contributed by atoms with van der Waals surface area (Å²) in [6.45, 7) is 3.48. The van der Waals surface area contributed by atoms with E-state index in [1.807, 2.05) is 54.3 Å². The first kappa shape index (κ1) is 18.5. The standard InChI is InChI=1S/C20H29N5O/c1-21-20(24(2)12-8-17-10-14-26-15-11-17)22-16-18-9-13-25(23-18)19-6-4-3-5-7-19/h3-7,9,13,17H,8,10-12,14-16H2,1-2H3,(H,21,22). The number of hydrogen-bond acceptors (Lipinski definition) is 3. The van der Waals surface area contributed by atoms with Crippen molar-refractivity contribution in [3.05, 3.63) is 48.3 Å². The highest BCUT2D eigenvalue weighted by Gasteiger charge is 2.15. The van der Waals surface area contributed by atoms with Crippen molar-refractivity contribution in [2.24, 2.45) is 10.9 Å². The number of aliphatic imine (C=N–C) groups is 1. The van der Waals surface area contributed by atoms with Gasteiger partial charge in [0, 0.05) is 40.1 Å². The molecule has 1 aliphatic rings. The minimum Gasteiger partial charge on any atom is -0.381 e. The molecule has 0 aliphatic carbocycles. The highest BCUT2D eigenvalue weighted by atomic mass is 16.5. The number of guanidine groups is 1. The van der Waals surface area contributed by atoms with Crippen LogP contribution in [0.25, 0.3) is 5.69 Å². The number of para-hydroxylation sites is 1. The van der Waals surface area contributed by atoms with E-state index in [0.29, 0.717) is 6.54 Å². The second-order valence-electron chi connectivity index (χ2n) is 6.75. The van der Waals surface area contributed by atoms with Crippen molar-refractivity contribution in [3.8, 4) is 5.69 Å². The third kappa shape index (κ3) is 5.08. The smallest absolute Gasteiger partial charge is 0.193 e. The van der Waals surface area contributed by atoms with Gasteiger partial charge in [0.1, 0.15) is 0 Å². The molecule has 1 aromatic carbocycles. The van der Waals surface area contributed by atoms with Crippen LogP contribution in [0.4, 0.5) is 0 Å². The summed E-state index contributed by atoms with van der Waals surface area (Å²) in [6, 6.07) is 12.2. The Balaban J connectivity index is 1.48. The van der Waals surface area contributed by atoms with Crippen LogP contribution in [0.15, 0.2) is 47.6 Å². The van der Waals surface area contributed by atoms with E-state index in [9.17, 15) is 0 Å². The lowest BCUT2D eigenvalue weighted by Gasteiger charge is -2.26. The summed E-state index contributed by atoms with van der Waals surface area (Å²) >= 11 is 0. The third-order valence-corrected chi connectivity index (χ3v) is 4.88. The first-order chi connectivity index (χ1) is 12.8. The summed E-state index contributed by atoms with van der Waals surface area (Å²) in [5.74, 6) is 1.68. The Morgan fingerprint density at radius 2 is 2.04 bits per heavy atom. The SMILES string of the molecule is CN=C(NCc1ccn(-c2ccccc2)n1)N(C)CCC1CCOCC1. The molecule has 2 aromatic rings. The van der Waals surface area contributed by atoms with Crippen molar-refractivity contribution < 1.29 is 4.74 Å². The molecule has 1 N–H and O–H groups in total. The summed E-state index contributed by atoms with van der Waals surface area (Å²) < 4.78 is 7.34. The molecule has 1 fully saturated rings. The molecule has 0 bridgehead atoms. The van der Waals surface area contributed by atoms with Crippen LogP contribution in [-0.2, 0) is 11.3 Å². The van der Waals surface area contributed by atoms with Crippen molar-refractivity contribution in [2.45, 2.75) is 25.8 Å². The van der Waals surface area contributed by atoms with Crippen molar-refractivity contribution in [1.29, 1.82) is 0 Å². The Hall–Kier alpha value is -2.34. The summed E-state index contributed by atoms with van der Waals surface area (Å²) in [6.07, 6.45) is 5.53. The first-order valence-electron chi connectivity index (χ1n) is 9.36. The lowest BCUT2D eigenvalue weighted by Crippen LogP contribution is -2.39. The number of rotatable bonds is 6. The van der Waals surface area contributed by atoms with Gasteiger partial charge in [-0.3, -0.25) is 4.99 Å². The molecular weight excluding hydrogens is 326 g/mol. The van der Waals surface area contributed by atoms with Gasteiger partial charge < -0.3 is 15.0 Å². The maximum absolute atomic E-state index is 5.44. The van der Waals surface area contributed by atoms with E-state index in [0.717, 1.165) is 43.0 Å². The van der Waals surface area contributed by atoms with E-state index < -0.39 is 0 Å². The number of nitrogens with one attached hydrogen (secondary N) is 1. The summed E-state index contributed by atoms with van der Waals surface area (Å²) in [5, 5.41) is 8.05. The molecular formula is C20H29N5O. The van der Waals surface area contributed by atoms with Crippen LogP contribution in [0, 0.1) is 5.92 Å². The maximum Gasteiger partial charge on any atom is 0.193 e. The van der Waals surface area contributed by atoms with Gasteiger partial charge in [-0.05, 0) is 43.4 Å². The molecule has 26 heavy (non-hydrogen) atoms. The van der Waals surface area contributed by atoms with Gasteiger partial charge >= 0.3 is 0 Å². The molecule has 0 spiro atoms. The highest BCUT2D eigenvalue weighted by Crippen LogP contribution is 2.18. The van der Waals surface area contributed by atoms with Crippen LogP contribution in [-0.4, -0.2) is 54.5 Å². The minimum absolute atomic E-state index is 0.661. The molecule has 6 heteroatoms. The van der Waals surface area contributed by atoms with Crippen LogP contribution < -0.4 is 5.32 Å². The largest absolute Gasteiger partial charge is 0.381 e. The summed E-state index contributed by atoms with van der Waals surface area (Å²) in [7, 11) is 3.92. The fourth-order valence-electron chi connectivity index (χ4n) is 3.25. The fraction of sp³-hybridized carbons (Fsp3) is 0.500. The third-order valence-electron chi connectivity index (χ3n) is 4.88. The van der Waals surface area contributed by atoms with E-state index in [2.05, 4.69) is 27.4 Å². The predicted molar refractivity (Wildman–Crippen MR) is 105 cm³/mol. The zero-order valence-corrected chi connectivity index (χ0v) is 15.8. The van der Waals surface area contributed by atoms with E-state index in [1.165, 1.54) is 19.3 Å². The molecule has 0 unspecified atom stereocenters. The molecule has 140 valence electrons. The molecule has 3 rings (SSSR count). The van der Waals surface area contributed by atoms with Gasteiger partial charge in [-0.15, -0.1) is 0 Å². The Bertz CT molecular complexity index is 691. The Morgan fingerprint density at radius 3 is 2.77 bits per heavy atom. The van der Waals surface area contributed by atoms with Gasteiger partial charge in [0.05, 0.1) is 17.9 Å². The summed E-state index contributed by atoms with van der Waals surface area (Å²) in [5.41, 5.74) is 2.06. The normalized spacial score (nSPS) is 15.8. The van der Waals surface area contributed by atoms with E-state index in [-0.39, 0.29) is 0 Å². The van der Waals surface area contributed by atoms with Gasteiger partial charge in [0.15, 0.2) is 5.96 Å². The van der Waals surface area contributed by atoms with Crippen molar-refractivity contribution >= 4 is 5.96 Å². The molecule has 6 nitrogen and oxygen atoms in total. The molecule has 0 amide bonds. The van der Waals surface area contributed by atoms with Crippen LogP contribution in [0.1, 0.15) is 25.0 Å². The molecule has 0 radical (unpaired) electrons. The second-order valence-corrected chi connectivity index (χ2v) is 6.75. The quantitative estimate of drug-likeness (QED) is 0.639. The van der Waals surface area contributed by atoms with E-state index >= 15 is 0 Å². The van der Waals surface area contributed by atoms with Crippen molar-refractivity contribution in [3.63, 3.8) is 0 Å². The Morgan fingerprint density at radius 1 is 1.27 bits per heavy atom. The number of benzene rings is 1. The van der Waals surface area contributed by atoms with Gasteiger partial charge in [0.25, 0.3) is 0 Å². The van der Waals surface area contributed by atoms with E-state index in [1.54, 1.807) is 0 Å². The number of ether oxygens (including phenoxy) is 1. The van der Waals surface area contributed by atoms with Crippen molar-refractivity contribution in [2.75, 3.05) is 33.9 Å². The zero-order chi connectivity index (χ0) is 18.2. The van der Waals surface area contributed by atoms with E-state index in [4.69, 9.17) is 4.74 Å². The van der Waals surface area contributed by atoms with Crippen molar-refractivity contribution in [1.82, 2.24) is 20.0 Å². The molecule has 0 saturated carbocycles. The average Bonchev–Trinajstić information content (AvgIpc) is 3.17. The van der Waals surface area contributed by atoms with Gasteiger partial charge in [0.2, 0.25) is 0 Å². The Labute approximate surface area is 155 Å². The molecule has 1 saturated heterocycles. The lowest BCUT2D eigenvalue weighted by atomic mass is 9.96. The maximum atomic E-state index is 5.44. The lowest BCUT2D eigenvalue weighted by molar-refractivity contribution is 0.0625. The van der Waals surface area contributed by atoms with Gasteiger partial charge in [-0.2, -0.15) is 5.10 Å². The second kappa shape index (κ2) is 9.38. The van der Waals surface area contributed by atoms with Crippen LogP contribution in [0.5, 0.6) is 0 Å². The molecule has 1 aliphatic heterocycles. The predicted octanol–water partition coefficient (Wildman–Crippen LogP) is 2.70. The highest BCUT2D eigenvalue weighted by molar-refractivity contribution is 5.79. The van der Waals surface area contributed by atoms with Crippen LogP contribution in [0.3, 0.4) is 0 Å². The van der Waals surface area contributed by atoms with Crippen LogP contribution in [0.2, 0.25) is 0 Å². The number of hydrogen-bond donors (Lipinski definition) is 1. The number of aromatic nitrogens is 2. The molecule has 0 atom stereocenters. The average molecular weight is 355 g/mol. The summed E-state index contributed by atoms with van der Waals surface area (Å²) in [4.78, 5) is 6.60. The Kier molecular flexibility index (Phi) is 6.66. The first-order valence-corrected chi connectivity index (χ1v) is 9.36. The molecule has 2 heterocycles. The van der Waals surface area contributed by atoms with Gasteiger partial charge in [-0.25, -0.2) is 4.68 Å². The number of nitrogens with zero attached hydrogens (tertiary/aromatic N) is 4. The molecule has 1 aromatic heterocycles. The fourth-order valence-corrected chi connectivity index (χ4v) is 3.25.